The molecule has 0 spiro atoms. The summed E-state index contributed by atoms with van der Waals surface area (Å²) in [6.45, 7) is 0.300. The number of carbonyl (C=O) groups excluding carboxylic acids is 1. The minimum absolute atomic E-state index is 0.244. The number of hydrogen-bond acceptors (Lipinski definition) is 4. The van der Waals surface area contributed by atoms with Gasteiger partial charge in [0, 0.05) is 24.5 Å². The van der Waals surface area contributed by atoms with Crippen LogP contribution < -0.4 is 11.1 Å². The van der Waals surface area contributed by atoms with Crippen LogP contribution in [0.3, 0.4) is 0 Å². The first kappa shape index (κ1) is 12.7. The Morgan fingerprint density at radius 2 is 2.17 bits per heavy atom. The van der Waals surface area contributed by atoms with E-state index in [1.807, 2.05) is 0 Å². The molecule has 2 aromatic rings. The summed E-state index contributed by atoms with van der Waals surface area (Å²) in [4.78, 5) is 20.1. The summed E-state index contributed by atoms with van der Waals surface area (Å²) in [5, 5.41) is 2.71. The Morgan fingerprint density at radius 3 is 2.89 bits per heavy atom. The Kier molecular flexibility index (Phi) is 4.01. The van der Waals surface area contributed by atoms with Crippen LogP contribution in [-0.2, 0) is 6.54 Å². The lowest BCUT2D eigenvalue weighted by molar-refractivity contribution is 0.102. The zero-order valence-electron chi connectivity index (χ0n) is 9.43. The molecule has 0 aliphatic rings. The minimum atomic E-state index is -0.244. The van der Waals surface area contributed by atoms with Gasteiger partial charge >= 0.3 is 0 Å². The molecule has 92 valence electrons. The van der Waals surface area contributed by atoms with Crippen molar-refractivity contribution in [3.05, 3.63) is 52.4 Å². The zero-order valence-corrected chi connectivity index (χ0v) is 11.0. The number of anilines is 1. The zero-order chi connectivity index (χ0) is 13.0. The van der Waals surface area contributed by atoms with E-state index in [0.717, 1.165) is 4.47 Å². The lowest BCUT2D eigenvalue weighted by Crippen LogP contribution is -2.14. The molecule has 6 heteroatoms. The Bertz CT molecular complexity index is 574. The number of nitrogens with zero attached hydrogens (tertiary/aromatic N) is 2. The van der Waals surface area contributed by atoms with Crippen molar-refractivity contribution in [3.8, 4) is 0 Å². The van der Waals surface area contributed by atoms with Gasteiger partial charge in [0.05, 0.1) is 10.2 Å². The van der Waals surface area contributed by atoms with Gasteiger partial charge in [-0.25, -0.2) is 4.98 Å². The molecule has 18 heavy (non-hydrogen) atoms. The van der Waals surface area contributed by atoms with Crippen molar-refractivity contribution < 1.29 is 4.79 Å². The highest BCUT2D eigenvalue weighted by Gasteiger charge is 2.09. The molecule has 2 rings (SSSR count). The van der Waals surface area contributed by atoms with Crippen molar-refractivity contribution in [3.63, 3.8) is 0 Å². The molecular formula is C12H11BrN4O. The van der Waals surface area contributed by atoms with Gasteiger partial charge in [-0.1, -0.05) is 0 Å². The standard InChI is InChI=1S/C12H11BrN4O/c13-10-2-1-4-16-11(10)17-12(18)8-3-5-15-9(6-8)7-14/h1-6H,7,14H2,(H,16,17,18). The van der Waals surface area contributed by atoms with E-state index in [1.54, 1.807) is 36.7 Å². The van der Waals surface area contributed by atoms with Gasteiger partial charge < -0.3 is 11.1 Å². The van der Waals surface area contributed by atoms with E-state index >= 15 is 0 Å². The summed E-state index contributed by atoms with van der Waals surface area (Å²) in [6, 6.07) is 6.87. The second kappa shape index (κ2) is 5.70. The van der Waals surface area contributed by atoms with Crippen LogP contribution in [0.4, 0.5) is 5.82 Å². The van der Waals surface area contributed by atoms with Crippen LogP contribution in [-0.4, -0.2) is 15.9 Å². The summed E-state index contributed by atoms with van der Waals surface area (Å²) < 4.78 is 0.728. The molecule has 0 fully saturated rings. The topological polar surface area (TPSA) is 80.9 Å². The molecule has 0 radical (unpaired) electrons. The van der Waals surface area contributed by atoms with Crippen molar-refractivity contribution in [2.75, 3.05) is 5.32 Å². The SMILES string of the molecule is NCc1cc(C(=O)Nc2ncccc2Br)ccn1. The molecule has 5 nitrogen and oxygen atoms in total. The average molecular weight is 307 g/mol. The van der Waals surface area contributed by atoms with E-state index in [9.17, 15) is 4.79 Å². The van der Waals surface area contributed by atoms with Crippen LogP contribution in [0.15, 0.2) is 41.1 Å². The van der Waals surface area contributed by atoms with Gasteiger partial charge in [-0.3, -0.25) is 9.78 Å². The first-order valence-corrected chi connectivity index (χ1v) is 6.07. The molecular weight excluding hydrogens is 296 g/mol. The van der Waals surface area contributed by atoms with Crippen LogP contribution >= 0.6 is 15.9 Å². The van der Waals surface area contributed by atoms with Crippen molar-refractivity contribution in [1.82, 2.24) is 9.97 Å². The number of nitrogens with one attached hydrogen (secondary N) is 1. The number of nitrogens with two attached hydrogens (primary N) is 1. The maximum atomic E-state index is 12.0. The third-order valence-electron chi connectivity index (χ3n) is 2.28. The van der Waals surface area contributed by atoms with E-state index in [-0.39, 0.29) is 5.91 Å². The maximum absolute atomic E-state index is 12.0. The fraction of sp³-hybridized carbons (Fsp3) is 0.0833. The highest BCUT2D eigenvalue weighted by molar-refractivity contribution is 9.10. The third-order valence-corrected chi connectivity index (χ3v) is 2.92. The number of aromatic nitrogens is 2. The number of halogens is 1. The number of pyridine rings is 2. The molecule has 3 N–H and O–H groups in total. The van der Waals surface area contributed by atoms with E-state index in [1.165, 1.54) is 0 Å². The fourth-order valence-corrected chi connectivity index (χ4v) is 1.74. The molecule has 1 amide bonds. The second-order valence-electron chi connectivity index (χ2n) is 3.53. The van der Waals surface area contributed by atoms with E-state index in [4.69, 9.17) is 5.73 Å². The maximum Gasteiger partial charge on any atom is 0.256 e. The van der Waals surface area contributed by atoms with Crippen molar-refractivity contribution in [2.45, 2.75) is 6.54 Å². The lowest BCUT2D eigenvalue weighted by Gasteiger charge is -2.06. The van der Waals surface area contributed by atoms with Crippen LogP contribution in [0.2, 0.25) is 0 Å². The number of amides is 1. The molecule has 0 aliphatic carbocycles. The summed E-state index contributed by atoms with van der Waals surface area (Å²) in [6.07, 6.45) is 3.17. The highest BCUT2D eigenvalue weighted by Crippen LogP contribution is 2.19. The highest BCUT2D eigenvalue weighted by atomic mass is 79.9. The molecule has 2 heterocycles. The third kappa shape index (κ3) is 2.91. The first-order chi connectivity index (χ1) is 8.70. The van der Waals surface area contributed by atoms with Gasteiger partial charge in [-0.05, 0) is 40.2 Å². The molecule has 0 saturated carbocycles. The molecule has 0 saturated heterocycles. The lowest BCUT2D eigenvalue weighted by atomic mass is 10.2. The Hall–Kier alpha value is -1.79. The molecule has 0 unspecified atom stereocenters. The first-order valence-electron chi connectivity index (χ1n) is 5.27. The summed E-state index contributed by atoms with van der Waals surface area (Å²) in [5.74, 6) is 0.236. The van der Waals surface area contributed by atoms with Gasteiger partial charge in [0.25, 0.3) is 5.91 Å². The Morgan fingerprint density at radius 1 is 1.33 bits per heavy atom. The van der Waals surface area contributed by atoms with Gasteiger partial charge in [0.1, 0.15) is 5.82 Å². The van der Waals surface area contributed by atoms with E-state index in [2.05, 4.69) is 31.2 Å². The van der Waals surface area contributed by atoms with Gasteiger partial charge in [-0.2, -0.15) is 0 Å². The normalized spacial score (nSPS) is 10.1. The van der Waals surface area contributed by atoms with Crippen molar-refractivity contribution >= 4 is 27.7 Å². The van der Waals surface area contributed by atoms with Crippen LogP contribution in [0, 0.1) is 0 Å². The molecule has 0 aromatic carbocycles. The number of hydrogen-bond donors (Lipinski definition) is 2. The average Bonchev–Trinajstić information content (AvgIpc) is 2.41. The van der Waals surface area contributed by atoms with Gasteiger partial charge in [-0.15, -0.1) is 0 Å². The molecule has 2 aromatic heterocycles. The predicted molar refractivity (Wildman–Crippen MR) is 72.0 cm³/mol. The minimum Gasteiger partial charge on any atom is -0.325 e. The number of rotatable bonds is 3. The summed E-state index contributed by atoms with van der Waals surface area (Å²) in [5.41, 5.74) is 6.65. The smallest absolute Gasteiger partial charge is 0.256 e. The van der Waals surface area contributed by atoms with Crippen LogP contribution in [0.25, 0.3) is 0 Å². The Labute approximate surface area is 113 Å². The van der Waals surface area contributed by atoms with Crippen LogP contribution in [0.5, 0.6) is 0 Å². The number of carbonyl (C=O) groups is 1. The summed E-state index contributed by atoms with van der Waals surface area (Å²) in [7, 11) is 0. The monoisotopic (exact) mass is 306 g/mol. The molecule has 0 bridgehead atoms. The molecule has 0 aliphatic heterocycles. The van der Waals surface area contributed by atoms with Crippen molar-refractivity contribution in [2.24, 2.45) is 5.73 Å². The van der Waals surface area contributed by atoms with E-state index in [0.29, 0.717) is 23.6 Å². The van der Waals surface area contributed by atoms with Gasteiger partial charge in [0.2, 0.25) is 0 Å². The Balaban J connectivity index is 2.19. The van der Waals surface area contributed by atoms with E-state index < -0.39 is 0 Å². The largest absolute Gasteiger partial charge is 0.325 e. The van der Waals surface area contributed by atoms with Gasteiger partial charge in [0.15, 0.2) is 0 Å². The quantitative estimate of drug-likeness (QED) is 0.908. The second-order valence-corrected chi connectivity index (χ2v) is 4.38. The van der Waals surface area contributed by atoms with Crippen LogP contribution in [0.1, 0.15) is 16.1 Å². The van der Waals surface area contributed by atoms with Crippen molar-refractivity contribution in [1.29, 1.82) is 0 Å². The predicted octanol–water partition coefficient (Wildman–Crippen LogP) is 1.95. The molecule has 0 atom stereocenters. The summed E-state index contributed by atoms with van der Waals surface area (Å²) >= 11 is 3.32. The fourth-order valence-electron chi connectivity index (χ4n) is 1.39.